The molecule has 0 saturated carbocycles. The molecule has 2 radical (unpaired) electrons. The highest BCUT2D eigenvalue weighted by molar-refractivity contribution is 6.33. The Labute approximate surface area is 117 Å². The second-order valence-electron chi connectivity index (χ2n) is 4.88. The van der Waals surface area contributed by atoms with Crippen molar-refractivity contribution in [3.8, 4) is 5.75 Å². The normalized spacial score (nSPS) is 11.4. The zero-order chi connectivity index (χ0) is 13.7. The third kappa shape index (κ3) is 1.53. The van der Waals surface area contributed by atoms with E-state index in [-0.39, 0.29) is 0 Å². The second kappa shape index (κ2) is 4.04. The van der Waals surface area contributed by atoms with Crippen LogP contribution in [0.5, 0.6) is 5.75 Å². The lowest BCUT2D eigenvalue weighted by molar-refractivity contribution is 0.414. The molecule has 3 aromatic carbocycles. The van der Waals surface area contributed by atoms with E-state index in [1.54, 1.807) is 7.11 Å². The van der Waals surface area contributed by atoms with Crippen LogP contribution in [0.15, 0.2) is 52.9 Å². The van der Waals surface area contributed by atoms with Crippen molar-refractivity contribution in [2.45, 2.75) is 0 Å². The third-order valence-electron chi connectivity index (χ3n) is 3.68. The summed E-state index contributed by atoms with van der Waals surface area (Å²) in [6, 6.07) is 15.9. The largest absolute Gasteiger partial charge is 0.497 e. The van der Waals surface area contributed by atoms with E-state index in [2.05, 4.69) is 0 Å². The van der Waals surface area contributed by atoms with Crippen LogP contribution in [0.25, 0.3) is 32.7 Å². The fraction of sp³-hybridized carbons (Fsp3) is 0.0588. The Morgan fingerprint density at radius 1 is 0.900 bits per heavy atom. The van der Waals surface area contributed by atoms with Gasteiger partial charge in [0, 0.05) is 16.8 Å². The van der Waals surface area contributed by atoms with Crippen molar-refractivity contribution in [3.63, 3.8) is 0 Å². The molecule has 0 atom stereocenters. The van der Waals surface area contributed by atoms with Crippen molar-refractivity contribution >= 4 is 46.0 Å². The number of fused-ring (bicyclic) bond motifs is 5. The van der Waals surface area contributed by atoms with Crippen LogP contribution in [0.1, 0.15) is 0 Å². The first-order valence-corrected chi connectivity index (χ1v) is 6.45. The van der Waals surface area contributed by atoms with Gasteiger partial charge in [-0.3, -0.25) is 0 Å². The fourth-order valence-corrected chi connectivity index (χ4v) is 2.73. The van der Waals surface area contributed by atoms with Gasteiger partial charge in [0.1, 0.15) is 24.8 Å². The highest BCUT2D eigenvalue weighted by Crippen LogP contribution is 2.35. The van der Waals surface area contributed by atoms with Crippen LogP contribution in [-0.2, 0) is 0 Å². The van der Waals surface area contributed by atoms with Crippen LogP contribution in [0, 0.1) is 0 Å². The van der Waals surface area contributed by atoms with E-state index < -0.39 is 0 Å². The summed E-state index contributed by atoms with van der Waals surface area (Å²) in [5, 5.41) is 4.49. The quantitative estimate of drug-likeness (QED) is 0.487. The maximum absolute atomic E-state index is 5.92. The van der Waals surface area contributed by atoms with E-state index in [1.807, 2.05) is 48.5 Å². The first kappa shape index (κ1) is 11.4. The van der Waals surface area contributed by atoms with Crippen molar-refractivity contribution in [2.75, 3.05) is 7.11 Å². The molecule has 0 aliphatic rings. The lowest BCUT2D eigenvalue weighted by atomic mass is 9.92. The van der Waals surface area contributed by atoms with E-state index in [4.69, 9.17) is 17.0 Å². The van der Waals surface area contributed by atoms with E-state index in [0.717, 1.165) is 43.9 Å². The van der Waals surface area contributed by atoms with E-state index in [9.17, 15) is 0 Å². The van der Waals surface area contributed by atoms with E-state index >= 15 is 0 Å². The monoisotopic (exact) mass is 258 g/mol. The van der Waals surface area contributed by atoms with E-state index in [0.29, 0.717) is 0 Å². The summed E-state index contributed by atoms with van der Waals surface area (Å²) in [6.07, 6.45) is 0. The molecule has 0 saturated heterocycles. The smallest absolute Gasteiger partial charge is 0.139 e. The van der Waals surface area contributed by atoms with Crippen LogP contribution in [0.3, 0.4) is 0 Å². The molecule has 0 aliphatic carbocycles. The number of hydrogen-bond donors (Lipinski definition) is 0. The highest BCUT2D eigenvalue weighted by atomic mass is 16.5. The van der Waals surface area contributed by atoms with Gasteiger partial charge in [0.25, 0.3) is 0 Å². The number of rotatable bonds is 1. The van der Waals surface area contributed by atoms with Crippen LogP contribution in [0.4, 0.5) is 0 Å². The van der Waals surface area contributed by atoms with Crippen molar-refractivity contribution in [1.82, 2.24) is 0 Å². The van der Waals surface area contributed by atoms with Crippen molar-refractivity contribution in [3.05, 3.63) is 48.5 Å². The first-order valence-electron chi connectivity index (χ1n) is 6.45. The standard InChI is InChI=1S/C17H11BO2/c1-19-12-4-6-14-16(9-12)20-15-7-2-10-8-11(18)3-5-13(10)17(14)15/h2-9H,1H3. The molecule has 3 heteroatoms. The molecule has 0 aliphatic heterocycles. The topological polar surface area (TPSA) is 22.4 Å². The van der Waals surface area contributed by atoms with Gasteiger partial charge in [-0.15, -0.1) is 0 Å². The highest BCUT2D eigenvalue weighted by Gasteiger charge is 2.11. The Bertz CT molecular complexity index is 953. The van der Waals surface area contributed by atoms with Crippen LogP contribution >= 0.6 is 0 Å². The minimum absolute atomic E-state index is 0.770. The maximum Gasteiger partial charge on any atom is 0.139 e. The lowest BCUT2D eigenvalue weighted by Gasteiger charge is -2.01. The molecule has 0 spiro atoms. The van der Waals surface area contributed by atoms with Crippen LogP contribution in [0.2, 0.25) is 0 Å². The molecule has 0 bridgehead atoms. The summed E-state index contributed by atoms with van der Waals surface area (Å²) < 4.78 is 11.2. The molecule has 1 aromatic heterocycles. The number of methoxy groups -OCH3 is 1. The van der Waals surface area contributed by atoms with Crippen LogP contribution < -0.4 is 10.2 Å². The van der Waals surface area contributed by atoms with Gasteiger partial charge >= 0.3 is 0 Å². The maximum atomic E-state index is 5.92. The van der Waals surface area contributed by atoms with Gasteiger partial charge in [0.05, 0.1) is 7.11 Å². The lowest BCUT2D eigenvalue weighted by Crippen LogP contribution is -1.99. The van der Waals surface area contributed by atoms with Gasteiger partial charge < -0.3 is 9.15 Å². The molecule has 0 fully saturated rings. The Morgan fingerprint density at radius 3 is 2.60 bits per heavy atom. The summed E-state index contributed by atoms with van der Waals surface area (Å²) >= 11 is 0. The predicted octanol–water partition coefficient (Wildman–Crippen LogP) is 3.54. The average molecular weight is 258 g/mol. The molecule has 2 nitrogen and oxygen atoms in total. The van der Waals surface area contributed by atoms with Crippen molar-refractivity contribution in [1.29, 1.82) is 0 Å². The van der Waals surface area contributed by atoms with Gasteiger partial charge in [-0.1, -0.05) is 29.7 Å². The number of hydrogen-bond acceptors (Lipinski definition) is 2. The molecule has 94 valence electrons. The third-order valence-corrected chi connectivity index (χ3v) is 3.68. The Morgan fingerprint density at radius 2 is 1.75 bits per heavy atom. The summed E-state index contributed by atoms with van der Waals surface area (Å²) in [5.74, 6) is 0.796. The van der Waals surface area contributed by atoms with Gasteiger partial charge in [0.15, 0.2) is 0 Å². The van der Waals surface area contributed by atoms with Crippen molar-refractivity contribution < 1.29 is 9.15 Å². The Hall–Kier alpha value is -2.42. The zero-order valence-corrected chi connectivity index (χ0v) is 11.0. The first-order chi connectivity index (χ1) is 9.76. The summed E-state index contributed by atoms with van der Waals surface area (Å²) in [4.78, 5) is 0. The molecule has 4 aromatic rings. The number of benzene rings is 3. The minimum atomic E-state index is 0.770. The second-order valence-corrected chi connectivity index (χ2v) is 4.88. The Kier molecular flexibility index (Phi) is 2.30. The summed E-state index contributed by atoms with van der Waals surface area (Å²) in [5.41, 5.74) is 2.49. The van der Waals surface area contributed by atoms with Gasteiger partial charge in [-0.2, -0.15) is 0 Å². The van der Waals surface area contributed by atoms with Gasteiger partial charge in [0.2, 0.25) is 0 Å². The average Bonchev–Trinajstić information content (AvgIpc) is 2.84. The SMILES string of the molecule is [B]c1ccc2c(ccc3oc4cc(OC)ccc4c32)c1. The number of ether oxygens (including phenoxy) is 1. The van der Waals surface area contributed by atoms with Crippen molar-refractivity contribution in [2.24, 2.45) is 0 Å². The Balaban J connectivity index is 2.20. The van der Waals surface area contributed by atoms with Gasteiger partial charge in [-0.05, 0) is 29.0 Å². The van der Waals surface area contributed by atoms with Gasteiger partial charge in [-0.25, -0.2) is 0 Å². The molecular formula is C17H11BO2. The summed E-state index contributed by atoms with van der Waals surface area (Å²) in [7, 11) is 7.51. The number of furan rings is 1. The molecule has 0 N–H and O–H groups in total. The molecule has 0 amide bonds. The molecule has 20 heavy (non-hydrogen) atoms. The molecule has 4 rings (SSSR count). The fourth-order valence-electron chi connectivity index (χ4n) is 2.73. The van der Waals surface area contributed by atoms with Crippen LogP contribution in [-0.4, -0.2) is 15.0 Å². The minimum Gasteiger partial charge on any atom is -0.497 e. The predicted molar refractivity (Wildman–Crippen MR) is 83.2 cm³/mol. The molecular weight excluding hydrogens is 247 g/mol. The summed E-state index contributed by atoms with van der Waals surface area (Å²) in [6.45, 7) is 0. The molecule has 0 unspecified atom stereocenters. The zero-order valence-electron chi connectivity index (χ0n) is 11.0. The molecule has 1 heterocycles. The van der Waals surface area contributed by atoms with E-state index in [1.165, 1.54) is 0 Å².